The maximum Gasteiger partial charge on any atom is 0.303 e. The predicted molar refractivity (Wildman–Crippen MR) is 79.0 cm³/mol. The molecular formula is C19H16O2. The Labute approximate surface area is 123 Å². The number of esters is 1. The normalized spacial score (nSPS) is 33.7. The van der Waals surface area contributed by atoms with E-state index < -0.39 is 5.60 Å². The van der Waals surface area contributed by atoms with Crippen LogP contribution in [-0.4, -0.2) is 5.97 Å². The Morgan fingerprint density at radius 3 is 2.52 bits per heavy atom. The van der Waals surface area contributed by atoms with Crippen molar-refractivity contribution in [3.63, 3.8) is 0 Å². The van der Waals surface area contributed by atoms with Gasteiger partial charge in [0, 0.05) is 19.3 Å². The minimum atomic E-state index is -0.424. The average Bonchev–Trinajstić information content (AvgIpc) is 3.17. The van der Waals surface area contributed by atoms with E-state index in [1.165, 1.54) is 29.2 Å². The van der Waals surface area contributed by atoms with Crippen LogP contribution in [0.4, 0.5) is 0 Å². The van der Waals surface area contributed by atoms with Crippen molar-refractivity contribution in [1.29, 1.82) is 0 Å². The number of benzene rings is 2. The number of rotatable bonds is 1. The van der Waals surface area contributed by atoms with E-state index in [1.807, 2.05) is 0 Å². The van der Waals surface area contributed by atoms with E-state index in [-0.39, 0.29) is 5.97 Å². The fourth-order valence-corrected chi connectivity index (χ4v) is 4.95. The molecule has 5 rings (SSSR count). The lowest BCUT2D eigenvalue weighted by atomic mass is 9.75. The van der Waals surface area contributed by atoms with Crippen molar-refractivity contribution in [3.8, 4) is 0 Å². The minimum absolute atomic E-state index is 0.171. The molecule has 0 unspecified atom stereocenters. The van der Waals surface area contributed by atoms with Crippen molar-refractivity contribution < 1.29 is 9.53 Å². The summed E-state index contributed by atoms with van der Waals surface area (Å²) in [5.41, 5.74) is 5.01. The second-order valence-electron chi connectivity index (χ2n) is 6.52. The number of carbonyl (C=O) groups excluding carboxylic acids is 1. The van der Waals surface area contributed by atoms with Crippen LogP contribution in [-0.2, 0) is 21.6 Å². The first-order valence-corrected chi connectivity index (χ1v) is 7.59. The molecule has 3 aliphatic carbocycles. The van der Waals surface area contributed by atoms with E-state index >= 15 is 0 Å². The molecule has 0 heterocycles. The molecule has 4 atom stereocenters. The van der Waals surface area contributed by atoms with Crippen molar-refractivity contribution in [2.45, 2.75) is 30.8 Å². The second kappa shape index (κ2) is 3.56. The summed E-state index contributed by atoms with van der Waals surface area (Å²) in [7, 11) is 0. The van der Waals surface area contributed by atoms with Crippen molar-refractivity contribution in [2.24, 2.45) is 5.92 Å². The molecule has 2 nitrogen and oxygen atoms in total. The zero-order chi connectivity index (χ0) is 14.2. The summed E-state index contributed by atoms with van der Waals surface area (Å²) in [6.07, 6.45) is 0.817. The zero-order valence-electron chi connectivity index (χ0n) is 11.9. The third kappa shape index (κ3) is 1.26. The quantitative estimate of drug-likeness (QED) is 0.745. The number of hydrogen-bond donors (Lipinski definition) is 0. The first-order chi connectivity index (χ1) is 10.2. The van der Waals surface area contributed by atoms with Crippen molar-refractivity contribution in [2.75, 3.05) is 0 Å². The van der Waals surface area contributed by atoms with E-state index in [9.17, 15) is 4.79 Å². The molecule has 104 valence electrons. The van der Waals surface area contributed by atoms with Gasteiger partial charge in [-0.15, -0.1) is 0 Å². The van der Waals surface area contributed by atoms with E-state index in [2.05, 4.69) is 48.5 Å². The Kier molecular flexibility index (Phi) is 1.96. The highest BCUT2D eigenvalue weighted by molar-refractivity contribution is 5.69. The average molecular weight is 276 g/mol. The maximum atomic E-state index is 11.8. The molecule has 3 aliphatic rings. The summed E-state index contributed by atoms with van der Waals surface area (Å²) in [6.45, 7) is 1.53. The molecule has 0 bridgehead atoms. The number of fused-ring (bicyclic) bond motifs is 6. The molecule has 0 aliphatic heterocycles. The van der Waals surface area contributed by atoms with Gasteiger partial charge in [0.2, 0.25) is 0 Å². The van der Waals surface area contributed by atoms with Gasteiger partial charge >= 0.3 is 5.97 Å². The first-order valence-electron chi connectivity index (χ1n) is 7.59. The minimum Gasteiger partial charge on any atom is -0.454 e. The summed E-state index contributed by atoms with van der Waals surface area (Å²) in [4.78, 5) is 11.8. The number of hydrogen-bond acceptors (Lipinski definition) is 2. The van der Waals surface area contributed by atoms with Crippen LogP contribution in [0.25, 0.3) is 0 Å². The smallest absolute Gasteiger partial charge is 0.303 e. The molecule has 0 N–H and O–H groups in total. The summed E-state index contributed by atoms with van der Waals surface area (Å²) >= 11 is 0. The van der Waals surface area contributed by atoms with Gasteiger partial charge < -0.3 is 4.74 Å². The molecular weight excluding hydrogens is 260 g/mol. The van der Waals surface area contributed by atoms with Crippen LogP contribution in [0.5, 0.6) is 0 Å². The van der Waals surface area contributed by atoms with E-state index in [1.54, 1.807) is 0 Å². The van der Waals surface area contributed by atoms with Gasteiger partial charge in [0.25, 0.3) is 0 Å². The highest BCUT2D eigenvalue weighted by Gasteiger charge is 2.72. The van der Waals surface area contributed by atoms with Gasteiger partial charge in [0.05, 0.1) is 0 Å². The molecule has 0 amide bonds. The lowest BCUT2D eigenvalue weighted by Gasteiger charge is -2.37. The third-order valence-corrected chi connectivity index (χ3v) is 5.53. The van der Waals surface area contributed by atoms with E-state index in [0.29, 0.717) is 17.8 Å². The highest BCUT2D eigenvalue weighted by atomic mass is 16.6. The van der Waals surface area contributed by atoms with Crippen molar-refractivity contribution in [1.82, 2.24) is 0 Å². The van der Waals surface area contributed by atoms with Gasteiger partial charge in [-0.25, -0.2) is 0 Å². The van der Waals surface area contributed by atoms with Gasteiger partial charge in [0.1, 0.15) is 5.60 Å². The van der Waals surface area contributed by atoms with E-state index in [4.69, 9.17) is 4.74 Å². The molecule has 1 saturated carbocycles. The van der Waals surface area contributed by atoms with Crippen molar-refractivity contribution in [3.05, 3.63) is 70.8 Å². The number of ether oxygens (including phenoxy) is 1. The fourth-order valence-electron chi connectivity index (χ4n) is 4.95. The molecule has 2 aromatic rings. The number of carbonyl (C=O) groups is 1. The summed E-state index contributed by atoms with van der Waals surface area (Å²) in [5, 5.41) is 0. The third-order valence-electron chi connectivity index (χ3n) is 5.53. The SMILES string of the molecule is CC(=O)O[C@@]12Cc3ccccc3[C@@H]3[C@@H](c4ccccc41)[C@@H]32. The predicted octanol–water partition coefficient (Wildman–Crippen LogP) is 3.51. The Balaban J connectivity index is 1.76. The van der Waals surface area contributed by atoms with Crippen molar-refractivity contribution >= 4 is 5.97 Å². The van der Waals surface area contributed by atoms with E-state index in [0.717, 1.165) is 6.42 Å². The Morgan fingerprint density at radius 1 is 1.05 bits per heavy atom. The van der Waals surface area contributed by atoms with Crippen LogP contribution in [0.15, 0.2) is 48.5 Å². The molecule has 0 radical (unpaired) electrons. The van der Waals surface area contributed by atoms with Gasteiger partial charge in [-0.3, -0.25) is 4.79 Å². The zero-order valence-corrected chi connectivity index (χ0v) is 11.9. The monoisotopic (exact) mass is 276 g/mol. The van der Waals surface area contributed by atoms with Crippen LogP contribution in [0, 0.1) is 5.92 Å². The second-order valence-corrected chi connectivity index (χ2v) is 6.52. The highest BCUT2D eigenvalue weighted by Crippen LogP contribution is 2.76. The topological polar surface area (TPSA) is 26.3 Å². The molecule has 0 saturated heterocycles. The van der Waals surface area contributed by atoms with Crippen LogP contribution in [0.3, 0.4) is 0 Å². The summed E-state index contributed by atoms with van der Waals surface area (Å²) in [5.74, 6) is 1.33. The molecule has 0 aromatic heterocycles. The van der Waals surface area contributed by atoms with Gasteiger partial charge in [0.15, 0.2) is 0 Å². The van der Waals surface area contributed by atoms with Crippen LogP contribution >= 0.6 is 0 Å². The first kappa shape index (κ1) is 11.6. The largest absolute Gasteiger partial charge is 0.454 e. The molecule has 2 heteroatoms. The van der Waals surface area contributed by atoms with Gasteiger partial charge in [-0.1, -0.05) is 48.5 Å². The Hall–Kier alpha value is -2.09. The maximum absolute atomic E-state index is 11.8. The molecule has 1 fully saturated rings. The Morgan fingerprint density at radius 2 is 1.71 bits per heavy atom. The lowest BCUT2D eigenvalue weighted by molar-refractivity contribution is -0.161. The standard InChI is InChI=1S/C19H16O2/c1-11(20)21-19-10-12-6-2-3-7-13(12)16-17(18(16)19)14-8-4-5-9-15(14)19/h2-9,16-18H,10H2,1H3/t16-,17-,18-,19+/m1/s1. The van der Waals surface area contributed by atoms with Gasteiger partial charge in [-0.05, 0) is 34.1 Å². The molecule has 0 spiro atoms. The Bertz CT molecular complexity index is 779. The summed E-state index contributed by atoms with van der Waals surface area (Å²) in [6, 6.07) is 17.2. The lowest BCUT2D eigenvalue weighted by Crippen LogP contribution is -2.38. The fraction of sp³-hybridized carbons (Fsp3) is 0.316. The van der Waals surface area contributed by atoms with Crippen LogP contribution in [0.1, 0.15) is 41.0 Å². The molecule has 2 aromatic carbocycles. The van der Waals surface area contributed by atoms with Crippen LogP contribution in [0.2, 0.25) is 0 Å². The summed E-state index contributed by atoms with van der Waals surface area (Å²) < 4.78 is 5.97. The molecule has 21 heavy (non-hydrogen) atoms. The van der Waals surface area contributed by atoms with Crippen LogP contribution < -0.4 is 0 Å². The van der Waals surface area contributed by atoms with Gasteiger partial charge in [-0.2, -0.15) is 0 Å².